The molecule has 4 heteroatoms. The second-order valence-electron chi connectivity index (χ2n) is 2.90. The van der Waals surface area contributed by atoms with Crippen LogP contribution in [0.25, 0.3) is 11.4 Å². The lowest BCUT2D eigenvalue weighted by molar-refractivity contribution is 0.475. The molecule has 0 saturated heterocycles. The summed E-state index contributed by atoms with van der Waals surface area (Å²) in [6.07, 6.45) is 1.48. The molecule has 0 aliphatic rings. The first-order valence-electron chi connectivity index (χ1n) is 4.21. The largest absolute Gasteiger partial charge is 0.508 e. The van der Waals surface area contributed by atoms with Crippen molar-refractivity contribution in [3.8, 4) is 17.1 Å². The highest BCUT2D eigenvalue weighted by Gasteiger charge is 2.00. The number of aryl methyl sites for hydroxylation is 1. The summed E-state index contributed by atoms with van der Waals surface area (Å²) in [6.45, 7) is 1.81. The summed E-state index contributed by atoms with van der Waals surface area (Å²) in [7, 11) is 0. The van der Waals surface area contributed by atoms with Gasteiger partial charge in [-0.2, -0.15) is 0 Å². The van der Waals surface area contributed by atoms with Crippen LogP contribution in [0.5, 0.6) is 5.75 Å². The molecule has 4 nitrogen and oxygen atoms in total. The third kappa shape index (κ3) is 1.69. The average molecular weight is 187 g/mol. The van der Waals surface area contributed by atoms with Crippen LogP contribution in [0.1, 0.15) is 5.82 Å². The van der Waals surface area contributed by atoms with Crippen LogP contribution in [0.3, 0.4) is 0 Å². The molecule has 0 amide bonds. The molecule has 1 heterocycles. The van der Waals surface area contributed by atoms with Gasteiger partial charge in [0.1, 0.15) is 17.9 Å². The van der Waals surface area contributed by atoms with Crippen LogP contribution in [0.4, 0.5) is 0 Å². The standard InChI is InChI=1S/C10H9N3O/c1-7-11-6-12-10(13-7)8-2-4-9(14)5-3-8/h2-6,14H,1H3. The Morgan fingerprint density at radius 1 is 1.07 bits per heavy atom. The molecule has 2 aromatic rings. The fourth-order valence-corrected chi connectivity index (χ4v) is 1.13. The lowest BCUT2D eigenvalue weighted by Crippen LogP contribution is -1.93. The van der Waals surface area contributed by atoms with E-state index in [0.29, 0.717) is 11.6 Å². The fourth-order valence-electron chi connectivity index (χ4n) is 1.13. The summed E-state index contributed by atoms with van der Waals surface area (Å²) >= 11 is 0. The zero-order valence-electron chi connectivity index (χ0n) is 7.68. The van der Waals surface area contributed by atoms with Crippen LogP contribution in [-0.4, -0.2) is 20.1 Å². The van der Waals surface area contributed by atoms with Crippen molar-refractivity contribution in [2.75, 3.05) is 0 Å². The summed E-state index contributed by atoms with van der Waals surface area (Å²) in [4.78, 5) is 12.1. The number of hydrogen-bond donors (Lipinski definition) is 1. The van der Waals surface area contributed by atoms with Gasteiger partial charge >= 0.3 is 0 Å². The van der Waals surface area contributed by atoms with Gasteiger partial charge < -0.3 is 5.11 Å². The number of benzene rings is 1. The molecule has 2 rings (SSSR count). The Kier molecular flexibility index (Phi) is 2.10. The Balaban J connectivity index is 2.44. The minimum atomic E-state index is 0.236. The molecular formula is C10H9N3O. The summed E-state index contributed by atoms with van der Waals surface area (Å²) < 4.78 is 0. The predicted octanol–water partition coefficient (Wildman–Crippen LogP) is 1.55. The van der Waals surface area contributed by atoms with E-state index >= 15 is 0 Å². The van der Waals surface area contributed by atoms with E-state index in [1.165, 1.54) is 6.33 Å². The van der Waals surface area contributed by atoms with Crippen molar-refractivity contribution in [3.63, 3.8) is 0 Å². The summed E-state index contributed by atoms with van der Waals surface area (Å²) in [6, 6.07) is 6.75. The minimum Gasteiger partial charge on any atom is -0.508 e. The van der Waals surface area contributed by atoms with Crippen LogP contribution in [0, 0.1) is 6.92 Å². The topological polar surface area (TPSA) is 58.9 Å². The van der Waals surface area contributed by atoms with Crippen molar-refractivity contribution in [1.29, 1.82) is 0 Å². The van der Waals surface area contributed by atoms with Gasteiger partial charge in [0, 0.05) is 5.56 Å². The maximum absolute atomic E-state index is 9.11. The van der Waals surface area contributed by atoms with Crippen LogP contribution >= 0.6 is 0 Å². The molecule has 14 heavy (non-hydrogen) atoms. The molecule has 0 aliphatic carbocycles. The Morgan fingerprint density at radius 2 is 1.79 bits per heavy atom. The average Bonchev–Trinajstić information content (AvgIpc) is 2.19. The molecule has 1 aromatic carbocycles. The van der Waals surface area contributed by atoms with Gasteiger partial charge in [-0.1, -0.05) is 0 Å². The van der Waals surface area contributed by atoms with Crippen molar-refractivity contribution < 1.29 is 5.11 Å². The normalized spacial score (nSPS) is 10.1. The first kappa shape index (κ1) is 8.62. The van der Waals surface area contributed by atoms with Gasteiger partial charge in [0.2, 0.25) is 0 Å². The Bertz CT molecular complexity index is 439. The van der Waals surface area contributed by atoms with Gasteiger partial charge in [-0.15, -0.1) is 0 Å². The van der Waals surface area contributed by atoms with Crippen LogP contribution in [0.2, 0.25) is 0 Å². The summed E-state index contributed by atoms with van der Waals surface area (Å²) in [5.74, 6) is 1.54. The highest BCUT2D eigenvalue weighted by molar-refractivity contribution is 5.55. The van der Waals surface area contributed by atoms with Gasteiger partial charge in [-0.25, -0.2) is 15.0 Å². The molecule has 0 atom stereocenters. The van der Waals surface area contributed by atoms with Crippen LogP contribution < -0.4 is 0 Å². The Labute approximate surface area is 81.3 Å². The molecule has 1 N–H and O–H groups in total. The van der Waals surface area contributed by atoms with Crippen molar-refractivity contribution in [3.05, 3.63) is 36.4 Å². The summed E-state index contributed by atoms with van der Waals surface area (Å²) in [5, 5.41) is 9.11. The number of hydrogen-bond acceptors (Lipinski definition) is 4. The molecule has 70 valence electrons. The molecule has 0 spiro atoms. The van der Waals surface area contributed by atoms with Gasteiger partial charge in [0.15, 0.2) is 5.82 Å². The molecule has 0 unspecified atom stereocenters. The second kappa shape index (κ2) is 3.41. The second-order valence-corrected chi connectivity index (χ2v) is 2.90. The molecule has 0 fully saturated rings. The smallest absolute Gasteiger partial charge is 0.162 e. The zero-order chi connectivity index (χ0) is 9.97. The maximum Gasteiger partial charge on any atom is 0.162 e. The zero-order valence-corrected chi connectivity index (χ0v) is 7.68. The molecule has 0 radical (unpaired) electrons. The predicted molar refractivity (Wildman–Crippen MR) is 51.7 cm³/mol. The van der Waals surface area contributed by atoms with E-state index in [1.54, 1.807) is 24.3 Å². The van der Waals surface area contributed by atoms with E-state index in [0.717, 1.165) is 5.56 Å². The number of rotatable bonds is 1. The monoisotopic (exact) mass is 187 g/mol. The third-order valence-electron chi connectivity index (χ3n) is 1.82. The Morgan fingerprint density at radius 3 is 2.43 bits per heavy atom. The lowest BCUT2D eigenvalue weighted by atomic mass is 10.2. The first-order valence-corrected chi connectivity index (χ1v) is 4.21. The fraction of sp³-hybridized carbons (Fsp3) is 0.100. The minimum absolute atomic E-state index is 0.236. The number of aromatic hydroxyl groups is 1. The third-order valence-corrected chi connectivity index (χ3v) is 1.82. The maximum atomic E-state index is 9.11. The quantitative estimate of drug-likeness (QED) is 0.735. The molecule has 0 saturated carbocycles. The summed E-state index contributed by atoms with van der Waals surface area (Å²) in [5.41, 5.74) is 0.869. The SMILES string of the molecule is Cc1ncnc(-c2ccc(O)cc2)n1. The van der Waals surface area contributed by atoms with E-state index in [2.05, 4.69) is 15.0 Å². The Hall–Kier alpha value is -1.97. The van der Waals surface area contributed by atoms with E-state index in [9.17, 15) is 0 Å². The lowest BCUT2D eigenvalue weighted by Gasteiger charge is -1.99. The highest BCUT2D eigenvalue weighted by atomic mass is 16.3. The molecule has 0 bridgehead atoms. The van der Waals surface area contributed by atoms with Crippen LogP contribution in [0.15, 0.2) is 30.6 Å². The van der Waals surface area contributed by atoms with E-state index in [4.69, 9.17) is 5.11 Å². The number of phenolic OH excluding ortho intramolecular Hbond substituents is 1. The number of phenols is 1. The van der Waals surface area contributed by atoms with Crippen molar-refractivity contribution in [2.45, 2.75) is 6.92 Å². The van der Waals surface area contributed by atoms with Gasteiger partial charge in [0.25, 0.3) is 0 Å². The van der Waals surface area contributed by atoms with Crippen molar-refractivity contribution >= 4 is 0 Å². The van der Waals surface area contributed by atoms with Gasteiger partial charge in [-0.05, 0) is 31.2 Å². The van der Waals surface area contributed by atoms with E-state index in [-0.39, 0.29) is 5.75 Å². The van der Waals surface area contributed by atoms with Gasteiger partial charge in [0.05, 0.1) is 0 Å². The van der Waals surface area contributed by atoms with E-state index < -0.39 is 0 Å². The van der Waals surface area contributed by atoms with Crippen LogP contribution in [-0.2, 0) is 0 Å². The molecular weight excluding hydrogens is 178 g/mol. The molecule has 0 aliphatic heterocycles. The van der Waals surface area contributed by atoms with E-state index in [1.807, 2.05) is 6.92 Å². The van der Waals surface area contributed by atoms with Gasteiger partial charge in [-0.3, -0.25) is 0 Å². The van der Waals surface area contributed by atoms with Crippen molar-refractivity contribution in [2.24, 2.45) is 0 Å². The van der Waals surface area contributed by atoms with Crippen molar-refractivity contribution in [1.82, 2.24) is 15.0 Å². The molecule has 1 aromatic heterocycles. The number of aromatic nitrogens is 3. The highest BCUT2D eigenvalue weighted by Crippen LogP contribution is 2.17. The number of nitrogens with zero attached hydrogens (tertiary/aromatic N) is 3. The first-order chi connectivity index (χ1) is 6.75.